The molecule has 1 fully saturated rings. The van der Waals surface area contributed by atoms with E-state index >= 15 is 0 Å². The van der Waals surface area contributed by atoms with E-state index in [9.17, 15) is 9.59 Å². The van der Waals surface area contributed by atoms with Crippen LogP contribution < -0.4 is 4.90 Å². The summed E-state index contributed by atoms with van der Waals surface area (Å²) in [4.78, 5) is 32.1. The predicted molar refractivity (Wildman–Crippen MR) is 164 cm³/mol. The zero-order valence-corrected chi connectivity index (χ0v) is 24.2. The molecule has 5 rings (SSSR count). The number of amides is 2. The normalized spacial score (nSPS) is 14.0. The van der Waals surface area contributed by atoms with E-state index in [2.05, 4.69) is 51.5 Å². The Bertz CT molecular complexity index is 1470. The highest BCUT2D eigenvalue weighted by Crippen LogP contribution is 2.25. The smallest absolute Gasteiger partial charge is 0.256 e. The summed E-state index contributed by atoms with van der Waals surface area (Å²) in [5, 5.41) is 9.35. The first-order valence-corrected chi connectivity index (χ1v) is 14.4. The van der Waals surface area contributed by atoms with Gasteiger partial charge >= 0.3 is 0 Å². The second-order valence-electron chi connectivity index (χ2n) is 10.3. The van der Waals surface area contributed by atoms with E-state index in [-0.39, 0.29) is 24.4 Å². The second kappa shape index (κ2) is 13.0. The monoisotopic (exact) mass is 567 g/mol. The average Bonchev–Trinajstić information content (AvgIpc) is 3.04. The van der Waals surface area contributed by atoms with Crippen molar-refractivity contribution in [3.05, 3.63) is 102 Å². The van der Waals surface area contributed by atoms with Crippen LogP contribution in [-0.2, 0) is 4.79 Å². The Morgan fingerprint density at radius 1 is 0.805 bits per heavy atom. The van der Waals surface area contributed by atoms with Crippen molar-refractivity contribution >= 4 is 29.2 Å². The van der Waals surface area contributed by atoms with Crippen molar-refractivity contribution in [1.29, 1.82) is 0 Å². The third kappa shape index (κ3) is 6.57. The lowest BCUT2D eigenvalue weighted by Crippen LogP contribution is -2.53. The highest BCUT2D eigenvalue weighted by atomic mass is 35.5. The maximum atomic E-state index is 13.3. The van der Waals surface area contributed by atoms with Gasteiger partial charge in [-0.1, -0.05) is 85.3 Å². The summed E-state index contributed by atoms with van der Waals surface area (Å²) >= 11 is 6.29. The third-order valence-corrected chi connectivity index (χ3v) is 8.02. The fourth-order valence-corrected chi connectivity index (χ4v) is 5.20. The molecule has 7 nitrogen and oxygen atoms in total. The van der Waals surface area contributed by atoms with Gasteiger partial charge in [-0.15, -0.1) is 10.2 Å². The van der Waals surface area contributed by atoms with E-state index in [4.69, 9.17) is 11.6 Å². The molecular formula is C33H34ClN5O2. The van der Waals surface area contributed by atoms with Crippen molar-refractivity contribution in [3.8, 4) is 22.4 Å². The molecule has 1 aromatic heterocycles. The Balaban J connectivity index is 1.18. The van der Waals surface area contributed by atoms with Crippen LogP contribution in [0.15, 0.2) is 91.0 Å². The molecule has 4 aromatic rings. The second-order valence-corrected chi connectivity index (χ2v) is 10.7. The Morgan fingerprint density at radius 3 is 2.07 bits per heavy atom. The number of aromatic nitrogens is 2. The van der Waals surface area contributed by atoms with Crippen LogP contribution in [0.5, 0.6) is 0 Å². The van der Waals surface area contributed by atoms with Gasteiger partial charge in [0.2, 0.25) is 5.91 Å². The lowest BCUT2D eigenvalue weighted by atomic mass is 10.0. The molecular weight excluding hydrogens is 534 g/mol. The van der Waals surface area contributed by atoms with E-state index in [1.54, 1.807) is 29.2 Å². The standard InChI is InChI=1S/C33H34ClN5O2/c1-3-24(2)39(33(41)28-11-7-8-12-29(28)34)23-32(40)38-21-19-37(20-22-38)31-18-17-30(35-36-31)27-15-13-26(14-16-27)25-9-5-4-6-10-25/h4-18,24H,3,19-23H2,1-2H3/t24-/m0/s1. The van der Waals surface area contributed by atoms with Crippen LogP contribution in [0.1, 0.15) is 30.6 Å². The Labute approximate surface area is 246 Å². The summed E-state index contributed by atoms with van der Waals surface area (Å²) in [6.07, 6.45) is 0.739. The van der Waals surface area contributed by atoms with Crippen molar-refractivity contribution in [2.24, 2.45) is 0 Å². The molecule has 0 saturated carbocycles. The van der Waals surface area contributed by atoms with Gasteiger partial charge < -0.3 is 14.7 Å². The van der Waals surface area contributed by atoms with Crippen molar-refractivity contribution in [1.82, 2.24) is 20.0 Å². The van der Waals surface area contributed by atoms with E-state index in [1.165, 1.54) is 5.56 Å². The molecule has 1 saturated heterocycles. The first-order valence-electron chi connectivity index (χ1n) is 14.0. The number of piperazine rings is 1. The number of benzene rings is 3. The molecule has 0 unspecified atom stereocenters. The summed E-state index contributed by atoms with van der Waals surface area (Å²) in [5.41, 5.74) is 4.58. The van der Waals surface area contributed by atoms with E-state index in [0.29, 0.717) is 36.8 Å². The fourth-order valence-electron chi connectivity index (χ4n) is 4.98. The van der Waals surface area contributed by atoms with Gasteiger partial charge in [0.05, 0.1) is 16.3 Å². The van der Waals surface area contributed by atoms with Crippen LogP contribution in [0.25, 0.3) is 22.4 Å². The van der Waals surface area contributed by atoms with Crippen molar-refractivity contribution in [2.45, 2.75) is 26.3 Å². The molecule has 41 heavy (non-hydrogen) atoms. The maximum absolute atomic E-state index is 13.3. The van der Waals surface area contributed by atoms with Crippen molar-refractivity contribution in [2.75, 3.05) is 37.6 Å². The summed E-state index contributed by atoms with van der Waals surface area (Å²) < 4.78 is 0. The first kappa shape index (κ1) is 28.3. The number of carbonyl (C=O) groups excluding carboxylic acids is 2. The van der Waals surface area contributed by atoms with Crippen LogP contribution in [0.4, 0.5) is 5.82 Å². The minimum absolute atomic E-state index is 0.0244. The minimum atomic E-state index is -0.220. The van der Waals surface area contributed by atoms with Gasteiger partial charge in [0, 0.05) is 37.8 Å². The number of carbonyl (C=O) groups is 2. The van der Waals surface area contributed by atoms with Crippen LogP contribution in [0.3, 0.4) is 0 Å². The van der Waals surface area contributed by atoms with E-state index < -0.39 is 0 Å². The molecule has 0 aliphatic carbocycles. The van der Waals surface area contributed by atoms with Crippen molar-refractivity contribution in [3.63, 3.8) is 0 Å². The zero-order valence-electron chi connectivity index (χ0n) is 23.4. The number of rotatable bonds is 8. The largest absolute Gasteiger partial charge is 0.352 e. The number of hydrogen-bond donors (Lipinski definition) is 0. The molecule has 1 atom stereocenters. The quantitative estimate of drug-likeness (QED) is 0.259. The molecule has 3 aromatic carbocycles. The van der Waals surface area contributed by atoms with E-state index in [1.807, 2.05) is 49.1 Å². The minimum Gasteiger partial charge on any atom is -0.352 e. The van der Waals surface area contributed by atoms with Gasteiger partial charge in [0.25, 0.3) is 5.91 Å². The maximum Gasteiger partial charge on any atom is 0.256 e. The van der Waals surface area contributed by atoms with E-state index in [0.717, 1.165) is 29.1 Å². The average molecular weight is 568 g/mol. The summed E-state index contributed by atoms with van der Waals surface area (Å²) in [6.45, 7) is 6.39. The summed E-state index contributed by atoms with van der Waals surface area (Å²) in [5.74, 6) is 0.504. The molecule has 0 spiro atoms. The van der Waals surface area contributed by atoms with Gasteiger partial charge in [-0.2, -0.15) is 0 Å². The number of halogens is 1. The topological polar surface area (TPSA) is 69.6 Å². The molecule has 2 amide bonds. The Kier molecular flexibility index (Phi) is 8.95. The molecule has 0 bridgehead atoms. The molecule has 2 heterocycles. The molecule has 8 heteroatoms. The molecule has 1 aliphatic rings. The zero-order chi connectivity index (χ0) is 28.8. The first-order chi connectivity index (χ1) is 19.9. The van der Waals surface area contributed by atoms with Gasteiger partial charge in [-0.25, -0.2) is 0 Å². The molecule has 210 valence electrons. The molecule has 1 aliphatic heterocycles. The third-order valence-electron chi connectivity index (χ3n) is 7.69. The van der Waals surface area contributed by atoms with Gasteiger partial charge in [-0.3, -0.25) is 9.59 Å². The Morgan fingerprint density at radius 2 is 1.44 bits per heavy atom. The highest BCUT2D eigenvalue weighted by Gasteiger charge is 2.28. The van der Waals surface area contributed by atoms with Crippen LogP contribution in [0, 0.1) is 0 Å². The van der Waals surface area contributed by atoms with Gasteiger partial charge in [0.15, 0.2) is 5.82 Å². The Hall–Kier alpha value is -4.23. The van der Waals surface area contributed by atoms with Crippen LogP contribution >= 0.6 is 11.6 Å². The van der Waals surface area contributed by atoms with Crippen molar-refractivity contribution < 1.29 is 9.59 Å². The SMILES string of the molecule is CC[C@H](C)N(CC(=O)N1CCN(c2ccc(-c3ccc(-c4ccccc4)cc3)nn2)CC1)C(=O)c1ccccc1Cl. The highest BCUT2D eigenvalue weighted by molar-refractivity contribution is 6.33. The number of hydrogen-bond acceptors (Lipinski definition) is 5. The lowest BCUT2D eigenvalue weighted by molar-refractivity contribution is -0.132. The number of nitrogens with zero attached hydrogens (tertiary/aromatic N) is 5. The lowest BCUT2D eigenvalue weighted by Gasteiger charge is -2.37. The van der Waals surface area contributed by atoms with Crippen LogP contribution in [0.2, 0.25) is 5.02 Å². The van der Waals surface area contributed by atoms with Gasteiger partial charge in [0.1, 0.15) is 6.54 Å². The number of anilines is 1. The predicted octanol–water partition coefficient (Wildman–Crippen LogP) is 6.05. The molecule has 0 N–H and O–H groups in total. The summed E-state index contributed by atoms with van der Waals surface area (Å²) in [7, 11) is 0. The molecule has 0 radical (unpaired) electrons. The fraction of sp³-hybridized carbons (Fsp3) is 0.273. The van der Waals surface area contributed by atoms with Crippen LogP contribution in [-0.4, -0.2) is 70.6 Å². The summed E-state index contributed by atoms with van der Waals surface area (Å²) in [6, 6.07) is 29.5. The van der Waals surface area contributed by atoms with Gasteiger partial charge in [-0.05, 0) is 48.7 Å².